The van der Waals surface area contributed by atoms with Crippen LogP contribution < -0.4 is 0 Å². The fourth-order valence-corrected chi connectivity index (χ4v) is 4.13. The molecule has 0 fully saturated rings. The molecule has 31 heavy (non-hydrogen) atoms. The second-order valence-electron chi connectivity index (χ2n) is 9.19. The molecule has 4 rings (SSSR count). The van der Waals surface area contributed by atoms with Crippen molar-refractivity contribution < 1.29 is 0 Å². The van der Waals surface area contributed by atoms with Gasteiger partial charge in [0.15, 0.2) is 0 Å². The number of aryl methyl sites for hydroxylation is 1. The third kappa shape index (κ3) is 4.05. The quantitative estimate of drug-likeness (QED) is 0.323. The lowest BCUT2D eigenvalue weighted by atomic mass is 9.87. The average Bonchev–Trinajstić information content (AvgIpc) is 3.04. The number of rotatable bonds is 3. The molecule has 4 aromatic rings. The molecule has 0 N–H and O–H groups in total. The lowest BCUT2D eigenvalue weighted by Gasteiger charge is -2.20. The number of benzene rings is 3. The van der Waals surface area contributed by atoms with E-state index >= 15 is 0 Å². The van der Waals surface area contributed by atoms with Crippen LogP contribution in [0.3, 0.4) is 0 Å². The van der Waals surface area contributed by atoms with E-state index in [4.69, 9.17) is 0 Å². The number of nitriles is 1. The van der Waals surface area contributed by atoms with E-state index in [1.807, 2.05) is 24.3 Å². The molecule has 0 atom stereocenters. The van der Waals surface area contributed by atoms with Gasteiger partial charge in [0.05, 0.1) is 11.6 Å². The van der Waals surface area contributed by atoms with Crippen LogP contribution in [0.1, 0.15) is 48.8 Å². The fraction of sp³-hybridized carbons (Fsp3) is 0.207. The van der Waals surface area contributed by atoms with Crippen molar-refractivity contribution in [2.75, 3.05) is 0 Å². The summed E-state index contributed by atoms with van der Waals surface area (Å²) >= 11 is 0. The maximum Gasteiger partial charge on any atom is 0.0998 e. The Hall–Kier alpha value is -3.57. The van der Waals surface area contributed by atoms with Crippen molar-refractivity contribution in [2.45, 2.75) is 40.0 Å². The highest BCUT2D eigenvalue weighted by molar-refractivity contribution is 5.94. The van der Waals surface area contributed by atoms with Gasteiger partial charge in [-0.3, -0.25) is 0 Å². The van der Waals surface area contributed by atoms with Crippen molar-refractivity contribution in [1.82, 2.24) is 4.57 Å². The fourth-order valence-electron chi connectivity index (χ4n) is 4.13. The van der Waals surface area contributed by atoms with Crippen LogP contribution in [-0.4, -0.2) is 4.57 Å². The molecular formula is C29H28N2. The molecule has 0 aliphatic heterocycles. The van der Waals surface area contributed by atoms with Gasteiger partial charge in [0.25, 0.3) is 0 Å². The Bertz CT molecular complexity index is 1320. The molecule has 1 heterocycles. The molecule has 1 aromatic heterocycles. The number of fused-ring (bicyclic) bond motifs is 1. The highest BCUT2D eigenvalue weighted by atomic mass is 15.0. The summed E-state index contributed by atoms with van der Waals surface area (Å²) in [5.41, 5.74) is 7.58. The molecule has 0 aliphatic carbocycles. The Morgan fingerprint density at radius 1 is 0.871 bits per heavy atom. The predicted molar refractivity (Wildman–Crippen MR) is 131 cm³/mol. The third-order valence-electron chi connectivity index (χ3n) is 5.94. The number of nitrogens with zero attached hydrogens (tertiary/aromatic N) is 2. The summed E-state index contributed by atoms with van der Waals surface area (Å²) in [5, 5.41) is 12.2. The Morgan fingerprint density at radius 2 is 1.55 bits per heavy atom. The molecule has 0 spiro atoms. The zero-order chi connectivity index (χ0) is 22.2. The molecule has 0 saturated heterocycles. The third-order valence-corrected chi connectivity index (χ3v) is 5.94. The minimum atomic E-state index is 0.134. The van der Waals surface area contributed by atoms with Crippen LogP contribution >= 0.6 is 0 Å². The normalized spacial score (nSPS) is 12.2. The van der Waals surface area contributed by atoms with Gasteiger partial charge in [0, 0.05) is 17.1 Å². The summed E-state index contributed by atoms with van der Waals surface area (Å²) in [6.07, 6.45) is 2.01. The Labute approximate surface area is 185 Å². The second kappa shape index (κ2) is 7.93. The summed E-state index contributed by atoms with van der Waals surface area (Å²) in [4.78, 5) is 0. The zero-order valence-electron chi connectivity index (χ0n) is 18.9. The number of hydrogen-bond donors (Lipinski definition) is 0. The van der Waals surface area contributed by atoms with E-state index in [2.05, 4.69) is 99.9 Å². The zero-order valence-corrected chi connectivity index (χ0v) is 18.9. The van der Waals surface area contributed by atoms with Crippen molar-refractivity contribution in [1.29, 1.82) is 5.26 Å². The molecule has 0 saturated carbocycles. The molecular weight excluding hydrogens is 376 g/mol. The van der Waals surface area contributed by atoms with Crippen molar-refractivity contribution in [3.05, 3.63) is 101 Å². The second-order valence-corrected chi connectivity index (χ2v) is 9.19. The van der Waals surface area contributed by atoms with Crippen LogP contribution in [0.2, 0.25) is 0 Å². The number of allylic oxidation sites excluding steroid dienone is 1. The number of hydrogen-bond acceptors (Lipinski definition) is 1. The van der Waals surface area contributed by atoms with E-state index in [0.717, 1.165) is 33.6 Å². The van der Waals surface area contributed by atoms with Gasteiger partial charge in [0.2, 0.25) is 0 Å². The van der Waals surface area contributed by atoms with E-state index in [1.54, 1.807) is 0 Å². The van der Waals surface area contributed by atoms with Crippen molar-refractivity contribution in [3.63, 3.8) is 0 Å². The first kappa shape index (κ1) is 20.7. The van der Waals surface area contributed by atoms with Gasteiger partial charge in [-0.15, -0.1) is 0 Å². The van der Waals surface area contributed by atoms with Gasteiger partial charge < -0.3 is 4.57 Å². The maximum absolute atomic E-state index is 9.88. The lowest BCUT2D eigenvalue weighted by molar-refractivity contribution is 0.590. The van der Waals surface area contributed by atoms with Crippen LogP contribution in [0.4, 0.5) is 0 Å². The predicted octanol–water partition coefficient (Wildman–Crippen LogP) is 7.61. The Balaban J connectivity index is 1.74. The van der Waals surface area contributed by atoms with Crippen molar-refractivity contribution >= 4 is 22.4 Å². The van der Waals surface area contributed by atoms with Crippen LogP contribution in [-0.2, 0) is 5.41 Å². The van der Waals surface area contributed by atoms with Crippen LogP contribution in [0.5, 0.6) is 0 Å². The van der Waals surface area contributed by atoms with E-state index in [9.17, 15) is 5.26 Å². The molecule has 0 unspecified atom stereocenters. The smallest absolute Gasteiger partial charge is 0.0998 e. The summed E-state index contributed by atoms with van der Waals surface area (Å²) in [6, 6.07) is 27.8. The maximum atomic E-state index is 9.88. The standard InChI is InChI=1S/C29H28N2/c1-20-16-25(21(2)31(20)28-14-12-27(13-15-28)29(3,4)5)18-26(19-30)24-11-10-22-8-6-7-9-23(22)17-24/h6-18H,1-5H3/b26-18-. The van der Waals surface area contributed by atoms with Gasteiger partial charge in [-0.1, -0.05) is 69.3 Å². The highest BCUT2D eigenvalue weighted by Gasteiger charge is 2.15. The Morgan fingerprint density at radius 3 is 2.19 bits per heavy atom. The summed E-state index contributed by atoms with van der Waals surface area (Å²) < 4.78 is 2.26. The number of aromatic nitrogens is 1. The first-order valence-electron chi connectivity index (χ1n) is 10.7. The van der Waals surface area contributed by atoms with Gasteiger partial charge >= 0.3 is 0 Å². The van der Waals surface area contributed by atoms with Crippen molar-refractivity contribution in [2.24, 2.45) is 0 Å². The first-order valence-corrected chi connectivity index (χ1v) is 10.7. The largest absolute Gasteiger partial charge is 0.318 e. The van der Waals surface area contributed by atoms with Gasteiger partial charge in [-0.25, -0.2) is 0 Å². The summed E-state index contributed by atoms with van der Waals surface area (Å²) in [6.45, 7) is 10.9. The lowest BCUT2D eigenvalue weighted by Crippen LogP contribution is -2.11. The van der Waals surface area contributed by atoms with Gasteiger partial charge in [0.1, 0.15) is 0 Å². The van der Waals surface area contributed by atoms with Gasteiger partial charge in [-0.05, 0) is 77.1 Å². The molecule has 2 heteroatoms. The molecule has 0 radical (unpaired) electrons. The van der Waals surface area contributed by atoms with Crippen LogP contribution in [0.15, 0.2) is 72.8 Å². The van der Waals surface area contributed by atoms with Gasteiger partial charge in [-0.2, -0.15) is 5.26 Å². The van der Waals surface area contributed by atoms with Crippen LogP contribution in [0.25, 0.3) is 28.1 Å². The highest BCUT2D eigenvalue weighted by Crippen LogP contribution is 2.28. The molecule has 3 aromatic carbocycles. The molecule has 0 amide bonds. The van der Waals surface area contributed by atoms with E-state index in [0.29, 0.717) is 5.57 Å². The van der Waals surface area contributed by atoms with Crippen LogP contribution in [0, 0.1) is 25.2 Å². The first-order chi connectivity index (χ1) is 14.8. The van der Waals surface area contributed by atoms with Crippen molar-refractivity contribution in [3.8, 4) is 11.8 Å². The van der Waals surface area contributed by atoms with E-state index in [-0.39, 0.29) is 5.41 Å². The SMILES string of the molecule is Cc1cc(/C=C(/C#N)c2ccc3ccccc3c2)c(C)n1-c1ccc(C(C)(C)C)cc1. The monoisotopic (exact) mass is 404 g/mol. The van der Waals surface area contributed by atoms with E-state index in [1.165, 1.54) is 10.9 Å². The summed E-state index contributed by atoms with van der Waals surface area (Å²) in [7, 11) is 0. The molecule has 154 valence electrons. The molecule has 0 bridgehead atoms. The minimum Gasteiger partial charge on any atom is -0.318 e. The average molecular weight is 405 g/mol. The molecule has 0 aliphatic rings. The van der Waals surface area contributed by atoms with E-state index < -0.39 is 0 Å². The minimum absolute atomic E-state index is 0.134. The topological polar surface area (TPSA) is 28.7 Å². The molecule has 2 nitrogen and oxygen atoms in total. The summed E-state index contributed by atoms with van der Waals surface area (Å²) in [5.74, 6) is 0. The Kier molecular flexibility index (Phi) is 5.29.